The van der Waals surface area contributed by atoms with Crippen molar-refractivity contribution in [1.29, 1.82) is 0 Å². The van der Waals surface area contributed by atoms with Gasteiger partial charge in [-0.2, -0.15) is 0 Å². The molecule has 2 atom stereocenters. The van der Waals surface area contributed by atoms with E-state index in [9.17, 15) is 4.79 Å². The normalized spacial score (nSPS) is 21.7. The Bertz CT molecular complexity index is 658. The van der Waals surface area contributed by atoms with Crippen LogP contribution in [0.25, 0.3) is 10.9 Å². The number of pyridine rings is 1. The number of hydrogen-bond acceptors (Lipinski definition) is 3. The molecule has 4 heteroatoms. The van der Waals surface area contributed by atoms with Gasteiger partial charge in [-0.25, -0.2) is 4.98 Å². The van der Waals surface area contributed by atoms with Crippen molar-refractivity contribution in [2.24, 2.45) is 5.92 Å². The van der Waals surface area contributed by atoms with E-state index in [0.717, 1.165) is 22.3 Å². The maximum absolute atomic E-state index is 12.1. The zero-order valence-corrected chi connectivity index (χ0v) is 13.7. The molecule has 0 bridgehead atoms. The van der Waals surface area contributed by atoms with Crippen molar-refractivity contribution in [2.45, 2.75) is 43.7 Å². The van der Waals surface area contributed by atoms with Crippen molar-refractivity contribution in [3.63, 3.8) is 0 Å². The van der Waals surface area contributed by atoms with E-state index in [0.29, 0.717) is 17.7 Å². The second kappa shape index (κ2) is 7.14. The first-order chi connectivity index (χ1) is 10.7. The number of nitrogens with zero attached hydrogens (tertiary/aromatic N) is 1. The van der Waals surface area contributed by atoms with Crippen molar-refractivity contribution in [3.05, 3.63) is 36.4 Å². The number of hydrogen-bond donors (Lipinski definition) is 1. The Morgan fingerprint density at radius 2 is 2.05 bits per heavy atom. The summed E-state index contributed by atoms with van der Waals surface area (Å²) in [4.78, 5) is 16.7. The largest absolute Gasteiger partial charge is 0.352 e. The first kappa shape index (κ1) is 15.3. The molecule has 0 spiro atoms. The fourth-order valence-corrected chi connectivity index (χ4v) is 3.74. The molecule has 1 aliphatic carbocycles. The van der Waals surface area contributed by atoms with Gasteiger partial charge in [-0.15, -0.1) is 0 Å². The quantitative estimate of drug-likeness (QED) is 0.867. The average Bonchev–Trinajstić information content (AvgIpc) is 2.55. The molecule has 3 nitrogen and oxygen atoms in total. The number of amides is 1. The number of nitrogens with one attached hydrogen (secondary N) is 1. The van der Waals surface area contributed by atoms with Crippen LogP contribution in [-0.4, -0.2) is 22.7 Å². The van der Waals surface area contributed by atoms with Crippen LogP contribution in [0, 0.1) is 5.92 Å². The highest BCUT2D eigenvalue weighted by molar-refractivity contribution is 7.99. The number of benzene rings is 1. The number of thioether (sulfide) groups is 1. The molecule has 1 aromatic carbocycles. The summed E-state index contributed by atoms with van der Waals surface area (Å²) >= 11 is 1.51. The highest BCUT2D eigenvalue weighted by Crippen LogP contribution is 2.24. The smallest absolute Gasteiger partial charge is 0.230 e. The van der Waals surface area contributed by atoms with Gasteiger partial charge < -0.3 is 5.32 Å². The molecule has 0 radical (unpaired) electrons. The zero-order valence-electron chi connectivity index (χ0n) is 12.9. The molecule has 3 rings (SSSR count). The summed E-state index contributed by atoms with van der Waals surface area (Å²) in [7, 11) is 0. The van der Waals surface area contributed by atoms with Crippen molar-refractivity contribution in [2.75, 3.05) is 5.75 Å². The highest BCUT2D eigenvalue weighted by atomic mass is 32.2. The van der Waals surface area contributed by atoms with Crippen LogP contribution in [0.4, 0.5) is 0 Å². The first-order valence-electron chi connectivity index (χ1n) is 8.00. The number of fused-ring (bicyclic) bond motifs is 1. The zero-order chi connectivity index (χ0) is 15.4. The molecular formula is C18H22N2OS. The Hall–Kier alpha value is -1.55. The lowest BCUT2D eigenvalue weighted by Crippen LogP contribution is -2.41. The molecule has 1 saturated carbocycles. The number of rotatable bonds is 4. The molecule has 0 aliphatic heterocycles. The molecule has 1 heterocycles. The number of aromatic nitrogens is 1. The molecule has 1 amide bonds. The molecule has 0 saturated heterocycles. The number of carbonyl (C=O) groups excluding carboxylic acids is 1. The van der Waals surface area contributed by atoms with Crippen molar-refractivity contribution in [3.8, 4) is 0 Å². The Labute approximate surface area is 135 Å². The first-order valence-corrected chi connectivity index (χ1v) is 8.99. The predicted octanol–water partition coefficient (Wildman–Crippen LogP) is 4.02. The maximum Gasteiger partial charge on any atom is 0.230 e. The molecular weight excluding hydrogens is 292 g/mol. The van der Waals surface area contributed by atoms with E-state index in [2.05, 4.69) is 23.3 Å². The van der Waals surface area contributed by atoms with E-state index < -0.39 is 0 Å². The van der Waals surface area contributed by atoms with Crippen LogP contribution in [-0.2, 0) is 4.79 Å². The molecule has 1 aliphatic rings. The van der Waals surface area contributed by atoms with E-state index in [4.69, 9.17) is 0 Å². The second-order valence-electron chi connectivity index (χ2n) is 6.07. The van der Waals surface area contributed by atoms with Gasteiger partial charge in [-0.1, -0.05) is 55.8 Å². The Kier molecular flexibility index (Phi) is 4.98. The summed E-state index contributed by atoms with van der Waals surface area (Å²) in [6.07, 6.45) is 4.87. The standard InChI is InChI=1S/C18H22N2OS/c1-13-6-2-4-8-15(13)19-17(21)12-22-18-11-10-14-7-3-5-9-16(14)20-18/h3,5,7,9-11,13,15H,2,4,6,8,12H2,1H3,(H,19,21)/t13-,15+/m1/s1. The van der Waals surface area contributed by atoms with E-state index in [1.165, 1.54) is 31.0 Å². The summed E-state index contributed by atoms with van der Waals surface area (Å²) in [6.45, 7) is 2.24. The minimum atomic E-state index is 0.124. The summed E-state index contributed by atoms with van der Waals surface area (Å²) in [5.41, 5.74) is 0.980. The van der Waals surface area contributed by atoms with Gasteiger partial charge in [0.25, 0.3) is 0 Å². The number of carbonyl (C=O) groups is 1. The van der Waals surface area contributed by atoms with E-state index in [-0.39, 0.29) is 5.91 Å². The second-order valence-corrected chi connectivity index (χ2v) is 7.06. The fraction of sp³-hybridized carbons (Fsp3) is 0.444. The van der Waals surface area contributed by atoms with Gasteiger partial charge in [0.05, 0.1) is 16.3 Å². The van der Waals surface area contributed by atoms with Crippen LogP contribution < -0.4 is 5.32 Å². The van der Waals surface area contributed by atoms with Gasteiger partial charge in [-0.3, -0.25) is 4.79 Å². The molecule has 1 aromatic heterocycles. The molecule has 116 valence electrons. The Balaban J connectivity index is 1.55. The Morgan fingerprint density at radius 3 is 2.91 bits per heavy atom. The molecule has 1 fully saturated rings. The predicted molar refractivity (Wildman–Crippen MR) is 92.0 cm³/mol. The van der Waals surface area contributed by atoms with E-state index >= 15 is 0 Å². The summed E-state index contributed by atoms with van der Waals surface area (Å²) < 4.78 is 0. The van der Waals surface area contributed by atoms with Gasteiger partial charge in [0, 0.05) is 11.4 Å². The maximum atomic E-state index is 12.1. The van der Waals surface area contributed by atoms with Gasteiger partial charge in [0.1, 0.15) is 0 Å². The minimum absolute atomic E-state index is 0.124. The van der Waals surface area contributed by atoms with Crippen LogP contribution in [0.3, 0.4) is 0 Å². The fourth-order valence-electron chi connectivity index (χ4n) is 3.05. The van der Waals surface area contributed by atoms with Crippen LogP contribution in [0.15, 0.2) is 41.4 Å². The van der Waals surface area contributed by atoms with Crippen molar-refractivity contribution < 1.29 is 4.79 Å². The lowest BCUT2D eigenvalue weighted by atomic mass is 9.86. The van der Waals surface area contributed by atoms with Gasteiger partial charge >= 0.3 is 0 Å². The van der Waals surface area contributed by atoms with Crippen LogP contribution in [0.5, 0.6) is 0 Å². The Morgan fingerprint density at radius 1 is 1.23 bits per heavy atom. The average molecular weight is 314 g/mol. The molecule has 0 unspecified atom stereocenters. The molecule has 1 N–H and O–H groups in total. The topological polar surface area (TPSA) is 42.0 Å². The SMILES string of the molecule is C[C@@H]1CCCC[C@@H]1NC(=O)CSc1ccc2ccccc2n1. The van der Waals surface area contributed by atoms with Crippen LogP contribution in [0.2, 0.25) is 0 Å². The van der Waals surface area contributed by atoms with E-state index in [1.54, 1.807) is 0 Å². The third-order valence-corrected chi connectivity index (χ3v) is 5.31. The van der Waals surface area contributed by atoms with E-state index in [1.807, 2.05) is 30.3 Å². The highest BCUT2D eigenvalue weighted by Gasteiger charge is 2.22. The molecule has 22 heavy (non-hydrogen) atoms. The van der Waals surface area contributed by atoms with Crippen molar-refractivity contribution in [1.82, 2.24) is 10.3 Å². The third-order valence-electron chi connectivity index (χ3n) is 4.38. The van der Waals surface area contributed by atoms with Crippen molar-refractivity contribution >= 4 is 28.6 Å². The van der Waals surface area contributed by atoms with Gasteiger partial charge in [0.2, 0.25) is 5.91 Å². The summed E-state index contributed by atoms with van der Waals surface area (Å²) in [6, 6.07) is 12.5. The lowest BCUT2D eigenvalue weighted by Gasteiger charge is -2.29. The van der Waals surface area contributed by atoms with Crippen LogP contribution >= 0.6 is 11.8 Å². The monoisotopic (exact) mass is 314 g/mol. The van der Waals surface area contributed by atoms with Gasteiger partial charge in [0.15, 0.2) is 0 Å². The number of para-hydroxylation sites is 1. The third kappa shape index (κ3) is 3.80. The van der Waals surface area contributed by atoms with Gasteiger partial charge in [-0.05, 0) is 30.9 Å². The summed E-state index contributed by atoms with van der Waals surface area (Å²) in [5, 5.41) is 5.23. The van der Waals surface area contributed by atoms with Crippen LogP contribution in [0.1, 0.15) is 32.6 Å². The summed E-state index contributed by atoms with van der Waals surface area (Å²) in [5.74, 6) is 1.16. The minimum Gasteiger partial charge on any atom is -0.352 e. The molecule has 2 aromatic rings. The lowest BCUT2D eigenvalue weighted by molar-refractivity contribution is -0.119.